The van der Waals surface area contributed by atoms with Gasteiger partial charge in [0.2, 0.25) is 0 Å². The molecular formula is C11H16N6O. The van der Waals surface area contributed by atoms with E-state index < -0.39 is 5.60 Å². The fourth-order valence-corrected chi connectivity index (χ4v) is 4.23. The van der Waals surface area contributed by atoms with Crippen molar-refractivity contribution in [3.05, 3.63) is 0 Å². The lowest BCUT2D eigenvalue weighted by Crippen LogP contribution is -2.55. The number of hydrogen-bond donors (Lipinski definition) is 3. The summed E-state index contributed by atoms with van der Waals surface area (Å²) in [5.74, 6) is 1.95. The Morgan fingerprint density at radius 3 is 2.67 bits per heavy atom. The van der Waals surface area contributed by atoms with Crippen molar-refractivity contribution in [3.63, 3.8) is 0 Å². The Morgan fingerprint density at radius 2 is 2.06 bits per heavy atom. The molecule has 0 aromatic carbocycles. The molecule has 4 fully saturated rings. The van der Waals surface area contributed by atoms with Crippen molar-refractivity contribution in [2.24, 2.45) is 22.9 Å². The summed E-state index contributed by atoms with van der Waals surface area (Å²) in [6, 6.07) is 0. The van der Waals surface area contributed by atoms with E-state index in [1.54, 1.807) is 0 Å². The first-order valence-corrected chi connectivity index (χ1v) is 6.51. The van der Waals surface area contributed by atoms with Gasteiger partial charge in [-0.3, -0.25) is 0 Å². The van der Waals surface area contributed by atoms with E-state index in [-0.39, 0.29) is 0 Å². The first kappa shape index (κ1) is 10.4. The van der Waals surface area contributed by atoms with Crippen LogP contribution in [0.2, 0.25) is 0 Å². The molecule has 96 valence electrons. The molecule has 4 saturated carbocycles. The Hall–Kier alpha value is -1.50. The number of aliphatic hydroxyl groups is 1. The zero-order valence-corrected chi connectivity index (χ0v) is 10.0. The van der Waals surface area contributed by atoms with Crippen molar-refractivity contribution >= 4 is 11.7 Å². The van der Waals surface area contributed by atoms with Crippen molar-refractivity contribution in [3.8, 4) is 0 Å². The van der Waals surface area contributed by atoms with Gasteiger partial charge in [-0.1, -0.05) is 5.10 Å². The number of nitrogens with one attached hydrogen (secondary N) is 2. The van der Waals surface area contributed by atoms with Gasteiger partial charge in [-0.25, -0.2) is 5.43 Å². The minimum absolute atomic E-state index is 0.398. The molecule has 2 atom stereocenters. The van der Waals surface area contributed by atoms with Crippen LogP contribution in [0, 0.1) is 17.8 Å². The van der Waals surface area contributed by atoms with Gasteiger partial charge >= 0.3 is 0 Å². The van der Waals surface area contributed by atoms with Gasteiger partial charge in [0.05, 0.1) is 5.60 Å². The smallest absolute Gasteiger partial charge is 0.283 e. The van der Waals surface area contributed by atoms with Crippen LogP contribution < -0.4 is 5.43 Å². The molecule has 0 amide bonds. The Labute approximate surface area is 104 Å². The van der Waals surface area contributed by atoms with Gasteiger partial charge in [-0.05, 0) is 43.2 Å². The van der Waals surface area contributed by atoms with Crippen molar-refractivity contribution < 1.29 is 5.11 Å². The van der Waals surface area contributed by atoms with E-state index in [1.807, 2.05) is 0 Å². The van der Waals surface area contributed by atoms with E-state index in [0.717, 1.165) is 19.3 Å². The summed E-state index contributed by atoms with van der Waals surface area (Å²) in [6.07, 6.45) is 5.07. The molecule has 5 rings (SSSR count). The van der Waals surface area contributed by atoms with Gasteiger partial charge in [0.1, 0.15) is 0 Å². The molecule has 1 heterocycles. The largest absolute Gasteiger partial charge is 0.390 e. The molecule has 4 aliphatic rings. The molecule has 4 bridgehead atoms. The van der Waals surface area contributed by atoms with Gasteiger partial charge in [-0.2, -0.15) is 10.3 Å². The van der Waals surface area contributed by atoms with E-state index in [2.05, 4.69) is 31.2 Å². The second-order valence-electron chi connectivity index (χ2n) is 5.95. The number of hydrazone groups is 1. The minimum atomic E-state index is -0.415. The van der Waals surface area contributed by atoms with Gasteiger partial charge in [-0.15, -0.1) is 5.10 Å². The molecule has 4 aliphatic carbocycles. The number of hydrogen-bond acceptors (Lipinski definition) is 6. The molecular weight excluding hydrogens is 232 g/mol. The highest BCUT2D eigenvalue weighted by Gasteiger charge is 2.53. The van der Waals surface area contributed by atoms with Crippen LogP contribution in [-0.4, -0.2) is 37.0 Å². The van der Waals surface area contributed by atoms with Crippen LogP contribution >= 0.6 is 0 Å². The summed E-state index contributed by atoms with van der Waals surface area (Å²) >= 11 is 0. The standard InChI is InChI=1S/C11H16N6O/c18-11-3-6-1-7(4-11)9(8(2-6)5-11)12-13-10-14-16-17-15-10/h6-8,18H,1-5H2,(H2,13,14,15,16,17)/t6?,7-,8-,11?/m0/s1. The molecule has 0 radical (unpaired) electrons. The Morgan fingerprint density at radius 1 is 1.28 bits per heavy atom. The van der Waals surface area contributed by atoms with E-state index >= 15 is 0 Å². The molecule has 18 heavy (non-hydrogen) atoms. The van der Waals surface area contributed by atoms with Gasteiger partial charge in [0.15, 0.2) is 0 Å². The highest BCUT2D eigenvalue weighted by atomic mass is 16.3. The summed E-state index contributed by atoms with van der Waals surface area (Å²) in [5, 5.41) is 28.4. The Kier molecular flexibility index (Phi) is 2.03. The molecule has 1 aromatic rings. The SMILES string of the molecule is OC12CC3C[C@@H](C1)C(=NNc1nn[nH]n1)[C@@H](C3)C2. The third-order valence-electron chi connectivity index (χ3n) is 4.62. The summed E-state index contributed by atoms with van der Waals surface area (Å²) in [4.78, 5) is 0. The van der Waals surface area contributed by atoms with Crippen LogP contribution in [0.15, 0.2) is 5.10 Å². The summed E-state index contributed by atoms with van der Waals surface area (Å²) in [6.45, 7) is 0. The number of nitrogens with zero attached hydrogens (tertiary/aromatic N) is 4. The van der Waals surface area contributed by atoms with Crippen LogP contribution in [0.3, 0.4) is 0 Å². The highest BCUT2D eigenvalue weighted by molar-refractivity contribution is 5.91. The van der Waals surface area contributed by atoms with E-state index in [9.17, 15) is 5.11 Å². The topological polar surface area (TPSA) is 99.1 Å². The lowest BCUT2D eigenvalue weighted by molar-refractivity contribution is -0.0824. The van der Waals surface area contributed by atoms with Crippen molar-refractivity contribution in [1.82, 2.24) is 20.6 Å². The maximum absolute atomic E-state index is 10.5. The summed E-state index contributed by atoms with van der Waals surface area (Å²) in [7, 11) is 0. The predicted octanol–water partition coefficient (Wildman–Crippen LogP) is 0.539. The van der Waals surface area contributed by atoms with Gasteiger partial charge in [0, 0.05) is 17.5 Å². The lowest BCUT2D eigenvalue weighted by atomic mass is 9.53. The average Bonchev–Trinajstić information content (AvgIpc) is 2.78. The maximum atomic E-state index is 10.5. The molecule has 1 aromatic heterocycles. The fourth-order valence-electron chi connectivity index (χ4n) is 4.23. The van der Waals surface area contributed by atoms with E-state index in [0.29, 0.717) is 23.7 Å². The quantitative estimate of drug-likeness (QED) is 0.663. The Bertz CT molecular complexity index is 466. The number of aromatic amines is 1. The number of rotatable bonds is 2. The summed E-state index contributed by atoms with van der Waals surface area (Å²) in [5.41, 5.74) is 3.64. The normalized spacial score (nSPS) is 41.2. The minimum Gasteiger partial charge on any atom is -0.390 e. The van der Waals surface area contributed by atoms with Crippen molar-refractivity contribution in [2.75, 3.05) is 5.43 Å². The Balaban J connectivity index is 1.58. The summed E-state index contributed by atoms with van der Waals surface area (Å²) < 4.78 is 0. The van der Waals surface area contributed by atoms with Crippen LogP contribution in [-0.2, 0) is 0 Å². The van der Waals surface area contributed by atoms with Crippen molar-refractivity contribution in [2.45, 2.75) is 37.7 Å². The number of tetrazole rings is 1. The number of H-pyrrole nitrogens is 1. The fraction of sp³-hybridized carbons (Fsp3) is 0.818. The average molecular weight is 248 g/mol. The molecule has 0 saturated heterocycles. The monoisotopic (exact) mass is 248 g/mol. The van der Waals surface area contributed by atoms with E-state index in [4.69, 9.17) is 0 Å². The third kappa shape index (κ3) is 1.53. The van der Waals surface area contributed by atoms with Crippen molar-refractivity contribution in [1.29, 1.82) is 0 Å². The predicted molar refractivity (Wildman–Crippen MR) is 63.7 cm³/mol. The highest BCUT2D eigenvalue weighted by Crippen LogP contribution is 2.54. The third-order valence-corrected chi connectivity index (χ3v) is 4.62. The number of anilines is 1. The molecule has 0 aliphatic heterocycles. The van der Waals surface area contributed by atoms with Crippen LogP contribution in [0.25, 0.3) is 0 Å². The van der Waals surface area contributed by atoms with Gasteiger partial charge < -0.3 is 5.11 Å². The first-order valence-electron chi connectivity index (χ1n) is 6.51. The van der Waals surface area contributed by atoms with Crippen LogP contribution in [0.1, 0.15) is 32.1 Å². The maximum Gasteiger partial charge on any atom is 0.283 e. The van der Waals surface area contributed by atoms with Crippen LogP contribution in [0.4, 0.5) is 5.95 Å². The molecule has 7 heteroatoms. The second kappa shape index (κ2) is 3.50. The second-order valence-corrected chi connectivity index (χ2v) is 5.95. The first-order chi connectivity index (χ1) is 8.72. The molecule has 3 N–H and O–H groups in total. The van der Waals surface area contributed by atoms with Gasteiger partial charge in [0.25, 0.3) is 5.95 Å². The molecule has 7 nitrogen and oxygen atoms in total. The number of aromatic nitrogens is 4. The zero-order valence-electron chi connectivity index (χ0n) is 10.0. The lowest BCUT2D eigenvalue weighted by Gasteiger charge is -2.54. The molecule has 0 unspecified atom stereocenters. The molecule has 0 spiro atoms. The van der Waals surface area contributed by atoms with E-state index in [1.165, 1.54) is 18.6 Å². The zero-order chi connectivity index (χ0) is 12.2. The van der Waals surface area contributed by atoms with Crippen LogP contribution in [0.5, 0.6) is 0 Å².